The predicted molar refractivity (Wildman–Crippen MR) is 74.6 cm³/mol. The molecule has 0 atom stereocenters. The third-order valence-corrected chi connectivity index (χ3v) is 3.71. The summed E-state index contributed by atoms with van der Waals surface area (Å²) in [6.07, 6.45) is 1.09. The van der Waals surface area contributed by atoms with E-state index in [0.29, 0.717) is 0 Å². The fourth-order valence-electron chi connectivity index (χ4n) is 1.76. The zero-order valence-electron chi connectivity index (χ0n) is 10.7. The lowest BCUT2D eigenvalue weighted by atomic mass is 10.1. The molecule has 0 saturated heterocycles. The van der Waals surface area contributed by atoms with Crippen LogP contribution >= 0.6 is 11.3 Å². The Kier molecular flexibility index (Phi) is 4.10. The predicted octanol–water partition coefficient (Wildman–Crippen LogP) is 2.12. The zero-order valence-corrected chi connectivity index (χ0v) is 11.5. The lowest BCUT2D eigenvalue weighted by Crippen LogP contribution is -2.14. The molecule has 1 aromatic carbocycles. The molecule has 0 bridgehead atoms. The Balaban J connectivity index is 2.18. The van der Waals surface area contributed by atoms with Gasteiger partial charge in [-0.2, -0.15) is 0 Å². The Bertz CT molecular complexity index is 490. The monoisotopic (exact) mass is 249 g/mol. The van der Waals surface area contributed by atoms with E-state index in [4.69, 9.17) is 0 Å². The molecule has 0 unspecified atom stereocenters. The highest BCUT2D eigenvalue weighted by Gasteiger charge is 2.04. The second kappa shape index (κ2) is 5.58. The first-order valence-corrected chi connectivity index (χ1v) is 6.68. The number of nitrogens with zero attached hydrogens (tertiary/aromatic N) is 2. The van der Waals surface area contributed by atoms with Gasteiger partial charge in [-0.1, -0.05) is 6.07 Å². The average Bonchev–Trinajstić information content (AvgIpc) is 2.68. The van der Waals surface area contributed by atoms with Crippen LogP contribution in [-0.2, 0) is 13.0 Å². The van der Waals surface area contributed by atoms with E-state index in [9.17, 15) is 0 Å². The first-order valence-electron chi connectivity index (χ1n) is 5.86. The van der Waals surface area contributed by atoms with Crippen LogP contribution in [0.1, 0.15) is 10.6 Å². The van der Waals surface area contributed by atoms with E-state index in [1.165, 1.54) is 10.3 Å². The Labute approximate surface area is 106 Å². The molecule has 92 valence electrons. The van der Waals surface area contributed by atoms with E-state index in [-0.39, 0.29) is 0 Å². The first kappa shape index (κ1) is 12.5. The maximum Gasteiger partial charge on any atom is 0.108 e. The van der Waals surface area contributed by atoms with Crippen molar-refractivity contribution in [3.05, 3.63) is 28.8 Å². The van der Waals surface area contributed by atoms with Crippen molar-refractivity contribution in [1.29, 1.82) is 0 Å². The van der Waals surface area contributed by atoms with Crippen LogP contribution in [-0.4, -0.2) is 37.6 Å². The molecule has 2 rings (SSSR count). The molecule has 1 aromatic heterocycles. The van der Waals surface area contributed by atoms with Crippen LogP contribution in [0.3, 0.4) is 0 Å². The molecule has 0 spiro atoms. The molecule has 0 aliphatic carbocycles. The fraction of sp³-hybridized carbons (Fsp3) is 0.462. The van der Waals surface area contributed by atoms with E-state index in [0.717, 1.165) is 30.0 Å². The molecule has 0 saturated carbocycles. The highest BCUT2D eigenvalue weighted by molar-refractivity contribution is 7.18. The number of nitrogens with one attached hydrogen (secondary N) is 1. The summed E-state index contributed by atoms with van der Waals surface area (Å²) in [6.45, 7) is 1.94. The van der Waals surface area contributed by atoms with E-state index in [2.05, 4.69) is 47.5 Å². The van der Waals surface area contributed by atoms with Crippen molar-refractivity contribution in [2.75, 3.05) is 27.7 Å². The smallest absolute Gasteiger partial charge is 0.108 e. The number of likely N-dealkylation sites (N-methyl/N-ethyl adjacent to an activating group) is 1. The van der Waals surface area contributed by atoms with Gasteiger partial charge in [0.2, 0.25) is 0 Å². The van der Waals surface area contributed by atoms with Gasteiger partial charge in [-0.25, -0.2) is 4.98 Å². The fourth-order valence-corrected chi connectivity index (χ4v) is 2.72. The SMILES string of the molecule is CNCc1nc2cc(CCN(C)C)ccc2s1. The second-order valence-corrected chi connectivity index (χ2v) is 5.61. The minimum absolute atomic E-state index is 0.854. The molecular formula is C13H19N3S. The van der Waals surface area contributed by atoms with Crippen molar-refractivity contribution in [2.24, 2.45) is 0 Å². The minimum Gasteiger partial charge on any atom is -0.314 e. The summed E-state index contributed by atoms with van der Waals surface area (Å²) in [6, 6.07) is 6.62. The van der Waals surface area contributed by atoms with Gasteiger partial charge in [-0.3, -0.25) is 0 Å². The Morgan fingerprint density at radius 3 is 2.88 bits per heavy atom. The van der Waals surface area contributed by atoms with E-state index < -0.39 is 0 Å². The van der Waals surface area contributed by atoms with Crippen LogP contribution in [0.25, 0.3) is 10.2 Å². The molecule has 0 radical (unpaired) electrons. The van der Waals surface area contributed by atoms with E-state index >= 15 is 0 Å². The summed E-state index contributed by atoms with van der Waals surface area (Å²) < 4.78 is 1.28. The lowest BCUT2D eigenvalue weighted by molar-refractivity contribution is 0.414. The van der Waals surface area contributed by atoms with Crippen LogP contribution in [0.15, 0.2) is 18.2 Å². The van der Waals surface area contributed by atoms with Gasteiger partial charge < -0.3 is 10.2 Å². The normalized spacial score (nSPS) is 11.5. The largest absolute Gasteiger partial charge is 0.314 e. The summed E-state index contributed by atoms with van der Waals surface area (Å²) in [5.41, 5.74) is 2.50. The van der Waals surface area contributed by atoms with Crippen molar-refractivity contribution >= 4 is 21.6 Å². The average molecular weight is 249 g/mol. The van der Waals surface area contributed by atoms with Gasteiger partial charge in [0.15, 0.2) is 0 Å². The van der Waals surface area contributed by atoms with E-state index in [1.54, 1.807) is 11.3 Å². The van der Waals surface area contributed by atoms with E-state index in [1.807, 2.05) is 7.05 Å². The van der Waals surface area contributed by atoms with Crippen LogP contribution in [0, 0.1) is 0 Å². The summed E-state index contributed by atoms with van der Waals surface area (Å²) in [4.78, 5) is 6.84. The third kappa shape index (κ3) is 3.25. The summed E-state index contributed by atoms with van der Waals surface area (Å²) in [5, 5.41) is 4.30. The molecular weight excluding hydrogens is 230 g/mol. The lowest BCUT2D eigenvalue weighted by Gasteiger charge is -2.08. The maximum atomic E-state index is 4.63. The number of hydrogen-bond acceptors (Lipinski definition) is 4. The number of fused-ring (bicyclic) bond motifs is 1. The zero-order chi connectivity index (χ0) is 12.3. The van der Waals surface area contributed by atoms with Crippen molar-refractivity contribution < 1.29 is 0 Å². The Hall–Kier alpha value is -0.970. The Morgan fingerprint density at radius 2 is 2.18 bits per heavy atom. The van der Waals surface area contributed by atoms with Crippen LogP contribution in [0.2, 0.25) is 0 Å². The maximum absolute atomic E-state index is 4.63. The first-order chi connectivity index (χ1) is 8.19. The van der Waals surface area contributed by atoms with Gasteiger partial charge in [-0.05, 0) is 45.3 Å². The van der Waals surface area contributed by atoms with Gasteiger partial charge in [-0.15, -0.1) is 11.3 Å². The molecule has 0 fully saturated rings. The van der Waals surface area contributed by atoms with Crippen molar-refractivity contribution in [3.63, 3.8) is 0 Å². The number of thiazole rings is 1. The number of hydrogen-bond donors (Lipinski definition) is 1. The highest BCUT2D eigenvalue weighted by Crippen LogP contribution is 2.23. The molecule has 3 nitrogen and oxygen atoms in total. The van der Waals surface area contributed by atoms with Crippen LogP contribution in [0.5, 0.6) is 0 Å². The summed E-state index contributed by atoms with van der Waals surface area (Å²) in [7, 11) is 6.16. The van der Waals surface area contributed by atoms with Gasteiger partial charge in [0.05, 0.1) is 10.2 Å². The van der Waals surface area contributed by atoms with Crippen LogP contribution < -0.4 is 5.32 Å². The third-order valence-electron chi connectivity index (χ3n) is 2.67. The van der Waals surface area contributed by atoms with Crippen LogP contribution in [0.4, 0.5) is 0 Å². The topological polar surface area (TPSA) is 28.2 Å². The molecule has 17 heavy (non-hydrogen) atoms. The molecule has 0 amide bonds. The van der Waals surface area contributed by atoms with Gasteiger partial charge in [0, 0.05) is 13.1 Å². The molecule has 1 N–H and O–H groups in total. The quantitative estimate of drug-likeness (QED) is 0.880. The van der Waals surface area contributed by atoms with Crippen molar-refractivity contribution in [2.45, 2.75) is 13.0 Å². The standard InChI is InChI=1S/C13H19N3S/c1-14-9-13-15-11-8-10(6-7-16(2)3)4-5-12(11)17-13/h4-5,8,14H,6-7,9H2,1-3H3. The summed E-state index contributed by atoms with van der Waals surface area (Å²) >= 11 is 1.77. The van der Waals surface area contributed by atoms with Gasteiger partial charge in [0.1, 0.15) is 5.01 Å². The number of aromatic nitrogens is 1. The molecule has 4 heteroatoms. The molecule has 0 aliphatic heterocycles. The minimum atomic E-state index is 0.854. The molecule has 1 heterocycles. The Morgan fingerprint density at radius 1 is 1.35 bits per heavy atom. The second-order valence-electron chi connectivity index (χ2n) is 4.49. The number of benzene rings is 1. The van der Waals surface area contributed by atoms with Gasteiger partial charge in [0.25, 0.3) is 0 Å². The highest BCUT2D eigenvalue weighted by atomic mass is 32.1. The van der Waals surface area contributed by atoms with Crippen molar-refractivity contribution in [3.8, 4) is 0 Å². The molecule has 2 aromatic rings. The van der Waals surface area contributed by atoms with Gasteiger partial charge >= 0.3 is 0 Å². The van der Waals surface area contributed by atoms with Crippen molar-refractivity contribution in [1.82, 2.24) is 15.2 Å². The number of rotatable bonds is 5. The molecule has 0 aliphatic rings. The summed E-state index contributed by atoms with van der Waals surface area (Å²) in [5.74, 6) is 0.